The van der Waals surface area contributed by atoms with Gasteiger partial charge in [-0.2, -0.15) is 0 Å². The minimum absolute atomic E-state index is 0.464. The second-order valence-corrected chi connectivity index (χ2v) is 6.00. The van der Waals surface area contributed by atoms with E-state index in [1.54, 1.807) is 11.8 Å². The van der Waals surface area contributed by atoms with E-state index in [9.17, 15) is 0 Å². The first-order valence-corrected chi connectivity index (χ1v) is 6.42. The van der Waals surface area contributed by atoms with Gasteiger partial charge in [0, 0.05) is 5.25 Å². The Morgan fingerprint density at radius 3 is 2.57 bits per heavy atom. The third kappa shape index (κ3) is 4.03. The Labute approximate surface area is 101 Å². The first-order chi connectivity index (χ1) is 6.74. The predicted molar refractivity (Wildman–Crippen MR) is 73.3 cm³/mol. The van der Waals surface area contributed by atoms with Gasteiger partial charge in [0.1, 0.15) is 3.53 Å². The molecule has 0 aliphatic carbocycles. The average molecular weight is 242 g/mol. The molecule has 0 saturated carbocycles. The zero-order valence-corrected chi connectivity index (χ0v) is 10.7. The van der Waals surface area contributed by atoms with Crippen LogP contribution in [0.1, 0.15) is 30.6 Å². The Kier molecular flexibility index (Phi) is 5.60. The van der Waals surface area contributed by atoms with E-state index in [-0.39, 0.29) is 0 Å². The van der Waals surface area contributed by atoms with Gasteiger partial charge in [-0.3, -0.25) is 0 Å². The molecule has 0 radical (unpaired) electrons. The van der Waals surface area contributed by atoms with Crippen LogP contribution in [-0.4, -0.2) is 3.53 Å². The second-order valence-electron chi connectivity index (χ2n) is 3.07. The molecule has 14 heavy (non-hydrogen) atoms. The summed E-state index contributed by atoms with van der Waals surface area (Å²) < 4.78 is 0.729. The van der Waals surface area contributed by atoms with Crippen LogP contribution in [-0.2, 0) is 0 Å². The van der Waals surface area contributed by atoms with E-state index < -0.39 is 0 Å². The van der Waals surface area contributed by atoms with E-state index in [1.165, 1.54) is 12.0 Å². The standard InChI is InChI=1S/C11H14S3/c1-2-6-10(14-11(12)13)9-7-4-3-5-8-9/h3-5,7-8,10H,2,6H2,1H3,(H,12,13). The molecule has 0 aliphatic heterocycles. The van der Waals surface area contributed by atoms with Gasteiger partial charge in [-0.1, -0.05) is 67.7 Å². The molecule has 0 bridgehead atoms. The van der Waals surface area contributed by atoms with E-state index in [1.807, 2.05) is 6.07 Å². The summed E-state index contributed by atoms with van der Waals surface area (Å²) in [5.41, 5.74) is 1.34. The van der Waals surface area contributed by atoms with Crippen molar-refractivity contribution in [3.63, 3.8) is 0 Å². The van der Waals surface area contributed by atoms with Crippen molar-refractivity contribution >= 4 is 40.1 Å². The SMILES string of the molecule is CCCC(SC(=S)S)c1ccccc1. The number of thioether (sulfide) groups is 1. The van der Waals surface area contributed by atoms with Gasteiger partial charge < -0.3 is 0 Å². The molecular formula is C11H14S3. The topological polar surface area (TPSA) is 0 Å². The van der Waals surface area contributed by atoms with Gasteiger partial charge in [-0.25, -0.2) is 0 Å². The van der Waals surface area contributed by atoms with Gasteiger partial charge in [-0.05, 0) is 12.0 Å². The molecule has 0 fully saturated rings. The number of hydrogen-bond donors (Lipinski definition) is 1. The lowest BCUT2D eigenvalue weighted by atomic mass is 10.1. The summed E-state index contributed by atoms with van der Waals surface area (Å²) in [6.45, 7) is 2.19. The highest BCUT2D eigenvalue weighted by Gasteiger charge is 2.11. The number of thiocarbonyl (C=S) groups is 1. The highest BCUT2D eigenvalue weighted by atomic mass is 32.2. The summed E-state index contributed by atoms with van der Waals surface area (Å²) in [6.07, 6.45) is 2.32. The van der Waals surface area contributed by atoms with Crippen molar-refractivity contribution in [3.05, 3.63) is 35.9 Å². The minimum atomic E-state index is 0.464. The third-order valence-electron chi connectivity index (χ3n) is 1.97. The summed E-state index contributed by atoms with van der Waals surface area (Å²) in [5.74, 6) is 0. The van der Waals surface area contributed by atoms with Gasteiger partial charge in [0.05, 0.1) is 0 Å². The van der Waals surface area contributed by atoms with Crippen LogP contribution in [0.15, 0.2) is 30.3 Å². The van der Waals surface area contributed by atoms with Crippen LogP contribution >= 0.6 is 36.6 Å². The van der Waals surface area contributed by atoms with Crippen LogP contribution in [0.5, 0.6) is 0 Å². The molecule has 0 aromatic heterocycles. The number of thiol groups is 1. The van der Waals surface area contributed by atoms with Gasteiger partial charge in [0.2, 0.25) is 0 Å². The molecule has 1 aromatic rings. The summed E-state index contributed by atoms with van der Waals surface area (Å²) in [7, 11) is 0. The highest BCUT2D eigenvalue weighted by Crippen LogP contribution is 2.34. The Morgan fingerprint density at radius 2 is 2.07 bits per heavy atom. The predicted octanol–water partition coefficient (Wildman–Crippen LogP) is 4.48. The van der Waals surface area contributed by atoms with Crippen LogP contribution in [0, 0.1) is 0 Å². The van der Waals surface area contributed by atoms with Crippen molar-refractivity contribution in [1.29, 1.82) is 0 Å². The molecule has 0 amide bonds. The third-order valence-corrected chi connectivity index (χ3v) is 3.56. The number of benzene rings is 1. The molecule has 3 heteroatoms. The van der Waals surface area contributed by atoms with E-state index >= 15 is 0 Å². The van der Waals surface area contributed by atoms with E-state index in [4.69, 9.17) is 12.2 Å². The Hall–Kier alpha value is 0.01000. The quantitative estimate of drug-likeness (QED) is 0.611. The van der Waals surface area contributed by atoms with Gasteiger partial charge in [0.25, 0.3) is 0 Å². The molecule has 1 atom stereocenters. The van der Waals surface area contributed by atoms with Crippen LogP contribution in [0.3, 0.4) is 0 Å². The second kappa shape index (κ2) is 6.49. The molecule has 0 heterocycles. The molecule has 0 nitrogen and oxygen atoms in total. The molecule has 0 saturated heterocycles. The normalized spacial score (nSPS) is 12.4. The molecule has 76 valence electrons. The molecular weight excluding hydrogens is 228 g/mol. The van der Waals surface area contributed by atoms with E-state index in [0.717, 1.165) is 9.95 Å². The lowest BCUT2D eigenvalue weighted by Gasteiger charge is -2.14. The molecule has 1 unspecified atom stereocenters. The maximum Gasteiger partial charge on any atom is 0.101 e. The molecule has 0 N–H and O–H groups in total. The Bertz CT molecular complexity index is 282. The highest BCUT2D eigenvalue weighted by molar-refractivity contribution is 8.41. The maximum atomic E-state index is 5.01. The average Bonchev–Trinajstić information content (AvgIpc) is 2.18. The number of rotatable bonds is 4. The van der Waals surface area contributed by atoms with Crippen molar-refractivity contribution in [2.45, 2.75) is 25.0 Å². The molecule has 1 rings (SSSR count). The first-order valence-electron chi connectivity index (χ1n) is 4.68. The summed E-state index contributed by atoms with van der Waals surface area (Å²) >= 11 is 10.9. The van der Waals surface area contributed by atoms with Crippen LogP contribution in [0.2, 0.25) is 0 Å². The first kappa shape index (κ1) is 12.1. The fourth-order valence-electron chi connectivity index (χ4n) is 1.35. The van der Waals surface area contributed by atoms with Gasteiger partial charge in [-0.15, -0.1) is 12.6 Å². The zero-order chi connectivity index (χ0) is 10.4. The van der Waals surface area contributed by atoms with E-state index in [0.29, 0.717) is 5.25 Å². The fourth-order valence-corrected chi connectivity index (χ4v) is 2.97. The van der Waals surface area contributed by atoms with Crippen molar-refractivity contribution in [2.24, 2.45) is 0 Å². The Morgan fingerprint density at radius 1 is 1.43 bits per heavy atom. The van der Waals surface area contributed by atoms with Crippen molar-refractivity contribution in [1.82, 2.24) is 0 Å². The summed E-state index contributed by atoms with van der Waals surface area (Å²) in [5, 5.41) is 0.464. The van der Waals surface area contributed by atoms with Crippen molar-refractivity contribution < 1.29 is 0 Å². The van der Waals surface area contributed by atoms with E-state index in [2.05, 4.69) is 43.8 Å². The zero-order valence-electron chi connectivity index (χ0n) is 8.14. The lowest BCUT2D eigenvalue weighted by molar-refractivity contribution is 0.781. The van der Waals surface area contributed by atoms with Gasteiger partial charge in [0.15, 0.2) is 0 Å². The Balaban J connectivity index is 2.72. The minimum Gasteiger partial charge on any atom is -0.125 e. The number of hydrogen-bond acceptors (Lipinski definition) is 2. The largest absolute Gasteiger partial charge is 0.125 e. The maximum absolute atomic E-state index is 5.01. The van der Waals surface area contributed by atoms with Crippen molar-refractivity contribution in [3.8, 4) is 0 Å². The van der Waals surface area contributed by atoms with Crippen molar-refractivity contribution in [2.75, 3.05) is 0 Å². The summed E-state index contributed by atoms with van der Waals surface area (Å²) in [6, 6.07) is 10.5. The van der Waals surface area contributed by atoms with Gasteiger partial charge >= 0.3 is 0 Å². The van der Waals surface area contributed by atoms with Crippen LogP contribution in [0.25, 0.3) is 0 Å². The molecule has 0 spiro atoms. The summed E-state index contributed by atoms with van der Waals surface area (Å²) in [4.78, 5) is 0. The molecule has 0 aliphatic rings. The lowest BCUT2D eigenvalue weighted by Crippen LogP contribution is -1.94. The molecule has 1 aromatic carbocycles. The monoisotopic (exact) mass is 242 g/mol. The van der Waals surface area contributed by atoms with Crippen LogP contribution in [0.4, 0.5) is 0 Å². The smallest absolute Gasteiger partial charge is 0.101 e. The fraction of sp³-hybridized carbons (Fsp3) is 0.364. The van der Waals surface area contributed by atoms with Crippen LogP contribution < -0.4 is 0 Å².